The largest absolute Gasteiger partial charge is 0.398 e. The van der Waals surface area contributed by atoms with Gasteiger partial charge in [0.15, 0.2) is 0 Å². The Balaban J connectivity index is 2.21. The number of benzene rings is 1. The number of hydrogen-bond acceptors (Lipinski definition) is 6. The average Bonchev–Trinajstić information content (AvgIpc) is 2.42. The van der Waals surface area contributed by atoms with Crippen molar-refractivity contribution in [3.8, 4) is 0 Å². The topological polar surface area (TPSA) is 95.9 Å². The number of hydrogen-bond donors (Lipinski definition) is 2. The molecule has 0 aliphatic carbocycles. The van der Waals surface area contributed by atoms with E-state index in [4.69, 9.17) is 10.8 Å². The Kier molecular flexibility index (Phi) is 4.41. The standard InChI is InChI=1S/C13H20N4O3/c1-10-8-13(17(19)20)12(9-11(10)14)16-4-2-15(3-5-16)6-7-18/h8-9,18H,2-7,14H2,1H3. The van der Waals surface area contributed by atoms with Crippen LogP contribution in [0.1, 0.15) is 5.56 Å². The van der Waals surface area contributed by atoms with Gasteiger partial charge in [0.2, 0.25) is 0 Å². The van der Waals surface area contributed by atoms with Crippen molar-refractivity contribution in [2.75, 3.05) is 50.0 Å². The number of rotatable bonds is 4. The zero-order valence-electron chi connectivity index (χ0n) is 11.6. The molecule has 1 aromatic rings. The molecule has 0 bridgehead atoms. The first-order valence-electron chi connectivity index (χ1n) is 6.65. The molecule has 7 nitrogen and oxygen atoms in total. The van der Waals surface area contributed by atoms with Gasteiger partial charge in [-0.05, 0) is 18.6 Å². The highest BCUT2D eigenvalue weighted by molar-refractivity contribution is 5.71. The van der Waals surface area contributed by atoms with Crippen molar-refractivity contribution in [3.63, 3.8) is 0 Å². The summed E-state index contributed by atoms with van der Waals surface area (Å²) in [5.74, 6) is 0. The minimum atomic E-state index is -0.359. The van der Waals surface area contributed by atoms with Crippen molar-refractivity contribution < 1.29 is 10.0 Å². The highest BCUT2D eigenvalue weighted by Crippen LogP contribution is 2.33. The van der Waals surface area contributed by atoms with E-state index in [-0.39, 0.29) is 17.2 Å². The third-order valence-electron chi connectivity index (χ3n) is 3.69. The number of anilines is 2. The lowest BCUT2D eigenvalue weighted by Gasteiger charge is -2.35. The van der Waals surface area contributed by atoms with E-state index in [0.717, 1.165) is 18.7 Å². The highest BCUT2D eigenvalue weighted by Gasteiger charge is 2.24. The van der Waals surface area contributed by atoms with Crippen LogP contribution in [0.5, 0.6) is 0 Å². The molecular formula is C13H20N4O3. The molecule has 7 heteroatoms. The molecule has 1 aromatic carbocycles. The molecule has 1 saturated heterocycles. The van der Waals surface area contributed by atoms with Crippen LogP contribution in [0.3, 0.4) is 0 Å². The summed E-state index contributed by atoms with van der Waals surface area (Å²) in [4.78, 5) is 15.0. The van der Waals surface area contributed by atoms with Crippen LogP contribution in [-0.4, -0.2) is 54.3 Å². The number of β-amino-alcohol motifs (C(OH)–C–C–N with tert-alkyl or cyclic N) is 1. The lowest BCUT2D eigenvalue weighted by Crippen LogP contribution is -2.47. The van der Waals surface area contributed by atoms with Gasteiger partial charge >= 0.3 is 0 Å². The van der Waals surface area contributed by atoms with E-state index >= 15 is 0 Å². The number of aliphatic hydroxyl groups is 1. The summed E-state index contributed by atoms with van der Waals surface area (Å²) in [7, 11) is 0. The number of nitro groups is 1. The van der Waals surface area contributed by atoms with E-state index in [1.165, 1.54) is 6.07 Å². The lowest BCUT2D eigenvalue weighted by molar-refractivity contribution is -0.384. The second kappa shape index (κ2) is 6.06. The van der Waals surface area contributed by atoms with Gasteiger partial charge in [-0.25, -0.2) is 0 Å². The fraction of sp³-hybridized carbons (Fsp3) is 0.538. The molecule has 0 spiro atoms. The van der Waals surface area contributed by atoms with Gasteiger partial charge in [0, 0.05) is 44.5 Å². The predicted molar refractivity (Wildman–Crippen MR) is 78.0 cm³/mol. The van der Waals surface area contributed by atoms with Crippen molar-refractivity contribution >= 4 is 17.1 Å². The van der Waals surface area contributed by atoms with Crippen molar-refractivity contribution in [2.24, 2.45) is 0 Å². The van der Waals surface area contributed by atoms with Crippen LogP contribution in [0.2, 0.25) is 0 Å². The van der Waals surface area contributed by atoms with E-state index < -0.39 is 0 Å². The van der Waals surface area contributed by atoms with Crippen LogP contribution in [0.4, 0.5) is 17.1 Å². The molecule has 2 rings (SSSR count). The molecule has 0 radical (unpaired) electrons. The summed E-state index contributed by atoms with van der Waals surface area (Å²) >= 11 is 0. The van der Waals surface area contributed by atoms with Gasteiger partial charge in [0.1, 0.15) is 5.69 Å². The minimum absolute atomic E-state index is 0.104. The summed E-state index contributed by atoms with van der Waals surface area (Å²) in [6, 6.07) is 3.22. The number of aliphatic hydroxyl groups excluding tert-OH is 1. The second-order valence-corrected chi connectivity index (χ2v) is 5.01. The molecule has 0 unspecified atom stereocenters. The van der Waals surface area contributed by atoms with E-state index in [0.29, 0.717) is 31.0 Å². The van der Waals surface area contributed by atoms with Gasteiger partial charge in [-0.1, -0.05) is 0 Å². The molecule has 3 N–H and O–H groups in total. The van der Waals surface area contributed by atoms with Gasteiger partial charge < -0.3 is 15.7 Å². The summed E-state index contributed by atoms with van der Waals surface area (Å²) in [5, 5.41) is 20.1. The first-order chi connectivity index (χ1) is 9.52. The maximum Gasteiger partial charge on any atom is 0.292 e. The van der Waals surface area contributed by atoms with Gasteiger partial charge in [0.25, 0.3) is 5.69 Å². The lowest BCUT2D eigenvalue weighted by atomic mass is 10.1. The van der Waals surface area contributed by atoms with Crippen LogP contribution in [0, 0.1) is 17.0 Å². The summed E-state index contributed by atoms with van der Waals surface area (Å²) in [6.45, 7) is 5.51. The molecule has 1 aliphatic heterocycles. The molecule has 0 atom stereocenters. The molecule has 0 amide bonds. The van der Waals surface area contributed by atoms with Crippen molar-refractivity contribution in [3.05, 3.63) is 27.8 Å². The summed E-state index contributed by atoms with van der Waals surface area (Å²) in [5.41, 5.74) is 7.86. The third kappa shape index (κ3) is 3.00. The quantitative estimate of drug-likeness (QED) is 0.476. The predicted octanol–water partition coefficient (Wildman–Crippen LogP) is 0.600. The van der Waals surface area contributed by atoms with Gasteiger partial charge in [-0.2, -0.15) is 0 Å². The first kappa shape index (κ1) is 14.5. The maximum atomic E-state index is 11.2. The molecule has 1 aliphatic rings. The van der Waals surface area contributed by atoms with Crippen molar-refractivity contribution in [2.45, 2.75) is 6.92 Å². The zero-order valence-corrected chi connectivity index (χ0v) is 11.6. The van der Waals surface area contributed by atoms with Gasteiger partial charge in [-0.3, -0.25) is 15.0 Å². The molecule has 0 aromatic heterocycles. The molecular weight excluding hydrogens is 260 g/mol. The second-order valence-electron chi connectivity index (χ2n) is 5.01. The number of nitrogens with zero attached hydrogens (tertiary/aromatic N) is 3. The number of piperazine rings is 1. The Morgan fingerprint density at radius 3 is 2.55 bits per heavy atom. The zero-order chi connectivity index (χ0) is 14.7. The van der Waals surface area contributed by atoms with E-state index in [1.54, 1.807) is 13.0 Å². The smallest absolute Gasteiger partial charge is 0.292 e. The van der Waals surface area contributed by atoms with E-state index in [1.807, 2.05) is 4.90 Å². The Labute approximate surface area is 117 Å². The average molecular weight is 280 g/mol. The summed E-state index contributed by atoms with van der Waals surface area (Å²) in [6.07, 6.45) is 0. The molecule has 0 saturated carbocycles. The Morgan fingerprint density at radius 2 is 2.00 bits per heavy atom. The molecule has 1 heterocycles. The highest BCUT2D eigenvalue weighted by atomic mass is 16.6. The monoisotopic (exact) mass is 280 g/mol. The van der Waals surface area contributed by atoms with Crippen LogP contribution in [0.15, 0.2) is 12.1 Å². The van der Waals surface area contributed by atoms with Crippen LogP contribution >= 0.6 is 0 Å². The normalized spacial score (nSPS) is 16.4. The summed E-state index contributed by atoms with van der Waals surface area (Å²) < 4.78 is 0. The fourth-order valence-corrected chi connectivity index (χ4v) is 2.45. The number of aryl methyl sites for hydroxylation is 1. The van der Waals surface area contributed by atoms with Crippen molar-refractivity contribution in [1.82, 2.24) is 4.90 Å². The minimum Gasteiger partial charge on any atom is -0.398 e. The molecule has 1 fully saturated rings. The SMILES string of the molecule is Cc1cc([N+](=O)[O-])c(N2CCN(CCO)CC2)cc1N. The Hall–Kier alpha value is -1.86. The molecule has 110 valence electrons. The van der Waals surface area contributed by atoms with Gasteiger partial charge in [-0.15, -0.1) is 0 Å². The third-order valence-corrected chi connectivity index (χ3v) is 3.69. The number of nitrogen functional groups attached to an aromatic ring is 1. The number of nitro benzene ring substituents is 1. The van der Waals surface area contributed by atoms with Crippen molar-refractivity contribution in [1.29, 1.82) is 0 Å². The fourth-order valence-electron chi connectivity index (χ4n) is 2.45. The van der Waals surface area contributed by atoms with Crippen LogP contribution in [-0.2, 0) is 0 Å². The van der Waals surface area contributed by atoms with Gasteiger partial charge in [0.05, 0.1) is 11.5 Å². The maximum absolute atomic E-state index is 11.2. The Bertz CT molecular complexity index is 499. The van der Waals surface area contributed by atoms with Crippen LogP contribution < -0.4 is 10.6 Å². The van der Waals surface area contributed by atoms with E-state index in [9.17, 15) is 10.1 Å². The molecule has 20 heavy (non-hydrogen) atoms. The Morgan fingerprint density at radius 1 is 1.35 bits per heavy atom. The number of nitrogens with two attached hydrogens (primary N) is 1. The van der Waals surface area contributed by atoms with Crippen LogP contribution in [0.25, 0.3) is 0 Å². The van der Waals surface area contributed by atoms with E-state index in [2.05, 4.69) is 4.90 Å². The first-order valence-corrected chi connectivity index (χ1v) is 6.65.